The molecule has 8 heteroatoms. The number of nitrogens with one attached hydrogen (secondary N) is 2. The molecule has 3 rings (SSSR count). The van der Waals surface area contributed by atoms with Gasteiger partial charge in [-0.25, -0.2) is 9.37 Å². The molecule has 0 aliphatic carbocycles. The lowest BCUT2D eigenvalue weighted by Crippen LogP contribution is -2.18. The van der Waals surface area contributed by atoms with Crippen LogP contribution in [-0.2, 0) is 4.79 Å². The van der Waals surface area contributed by atoms with Crippen LogP contribution in [0.4, 0.5) is 10.1 Å². The average molecular weight is 385 g/mol. The minimum atomic E-state index is -0.326. The molecule has 0 spiro atoms. The number of rotatable bonds is 6. The fourth-order valence-electron chi connectivity index (χ4n) is 2.25. The van der Waals surface area contributed by atoms with Crippen molar-refractivity contribution in [1.82, 2.24) is 10.3 Å². The molecule has 27 heavy (non-hydrogen) atoms. The van der Waals surface area contributed by atoms with Crippen molar-refractivity contribution in [2.45, 2.75) is 5.22 Å². The van der Waals surface area contributed by atoms with Gasteiger partial charge < -0.3 is 15.1 Å². The topological polar surface area (TPSA) is 84.2 Å². The monoisotopic (exact) mass is 385 g/mol. The number of hydrogen-bond acceptors (Lipinski definition) is 5. The third kappa shape index (κ3) is 4.95. The Morgan fingerprint density at radius 3 is 2.48 bits per heavy atom. The van der Waals surface area contributed by atoms with Gasteiger partial charge in [0.1, 0.15) is 5.82 Å². The minimum absolute atomic E-state index is 0.112. The zero-order valence-electron chi connectivity index (χ0n) is 14.4. The smallest absolute Gasteiger partial charge is 0.256 e. The van der Waals surface area contributed by atoms with Gasteiger partial charge in [0.2, 0.25) is 5.91 Å². The summed E-state index contributed by atoms with van der Waals surface area (Å²) in [5.41, 5.74) is 1.81. The van der Waals surface area contributed by atoms with Gasteiger partial charge in [-0.2, -0.15) is 0 Å². The van der Waals surface area contributed by atoms with E-state index in [-0.39, 0.29) is 23.4 Å². The van der Waals surface area contributed by atoms with Gasteiger partial charge in [0, 0.05) is 23.9 Å². The van der Waals surface area contributed by atoms with E-state index in [1.165, 1.54) is 18.3 Å². The number of anilines is 1. The van der Waals surface area contributed by atoms with Crippen LogP contribution in [0.1, 0.15) is 10.4 Å². The molecule has 0 aliphatic rings. The fraction of sp³-hybridized carbons (Fsp3) is 0.105. The number of halogens is 1. The van der Waals surface area contributed by atoms with Gasteiger partial charge in [0.25, 0.3) is 11.1 Å². The number of amides is 2. The highest BCUT2D eigenvalue weighted by Gasteiger charge is 2.10. The summed E-state index contributed by atoms with van der Waals surface area (Å²) in [5, 5.41) is 5.62. The number of oxazole rings is 1. The lowest BCUT2D eigenvalue weighted by molar-refractivity contribution is -0.113. The van der Waals surface area contributed by atoms with E-state index < -0.39 is 0 Å². The van der Waals surface area contributed by atoms with Crippen LogP contribution in [0.3, 0.4) is 0 Å². The number of thioether (sulfide) groups is 1. The third-order valence-corrected chi connectivity index (χ3v) is 4.44. The summed E-state index contributed by atoms with van der Waals surface area (Å²) in [6, 6.07) is 12.4. The third-order valence-electron chi connectivity index (χ3n) is 3.60. The molecule has 6 nitrogen and oxygen atoms in total. The lowest BCUT2D eigenvalue weighted by Gasteiger charge is -2.05. The van der Waals surface area contributed by atoms with Crippen molar-refractivity contribution in [1.29, 1.82) is 0 Å². The number of nitrogens with zero attached hydrogens (tertiary/aromatic N) is 1. The molecule has 0 aliphatic heterocycles. The Kier molecular flexibility index (Phi) is 5.87. The lowest BCUT2D eigenvalue weighted by atomic mass is 10.2. The van der Waals surface area contributed by atoms with E-state index in [4.69, 9.17) is 4.42 Å². The first kappa shape index (κ1) is 18.7. The van der Waals surface area contributed by atoms with E-state index in [1.807, 2.05) is 0 Å². The summed E-state index contributed by atoms with van der Waals surface area (Å²) in [6.45, 7) is 0. The summed E-state index contributed by atoms with van der Waals surface area (Å²) in [7, 11) is 1.55. The molecule has 2 N–H and O–H groups in total. The van der Waals surface area contributed by atoms with E-state index in [0.717, 1.165) is 11.8 Å². The zero-order chi connectivity index (χ0) is 19.2. The van der Waals surface area contributed by atoms with Gasteiger partial charge in [-0.15, -0.1) is 0 Å². The second kappa shape index (κ2) is 8.50. The number of carbonyl (C=O) groups is 2. The Balaban J connectivity index is 1.53. The van der Waals surface area contributed by atoms with Gasteiger partial charge in [-0.3, -0.25) is 9.59 Å². The summed E-state index contributed by atoms with van der Waals surface area (Å²) >= 11 is 1.15. The van der Waals surface area contributed by atoms with Crippen molar-refractivity contribution in [3.05, 3.63) is 66.1 Å². The van der Waals surface area contributed by atoms with Crippen molar-refractivity contribution < 1.29 is 18.4 Å². The van der Waals surface area contributed by atoms with Crippen LogP contribution in [0.2, 0.25) is 0 Å². The van der Waals surface area contributed by atoms with Crippen LogP contribution >= 0.6 is 11.8 Å². The summed E-state index contributed by atoms with van der Waals surface area (Å²) < 4.78 is 18.5. The summed E-state index contributed by atoms with van der Waals surface area (Å²) in [4.78, 5) is 27.7. The summed E-state index contributed by atoms with van der Waals surface area (Å²) in [6.07, 6.45) is 1.53. The highest BCUT2D eigenvalue weighted by Crippen LogP contribution is 2.25. The van der Waals surface area contributed by atoms with Crippen molar-refractivity contribution in [3.8, 4) is 11.3 Å². The Hall–Kier alpha value is -3.13. The molecule has 0 saturated heterocycles. The number of carbonyl (C=O) groups excluding carboxylic acids is 2. The molecule has 0 atom stereocenters. The fourth-order valence-corrected chi connectivity index (χ4v) is 2.85. The van der Waals surface area contributed by atoms with Crippen LogP contribution in [0, 0.1) is 5.82 Å². The predicted octanol–water partition coefficient (Wildman–Crippen LogP) is 3.57. The van der Waals surface area contributed by atoms with Crippen LogP contribution in [0.5, 0.6) is 0 Å². The van der Waals surface area contributed by atoms with Gasteiger partial charge in [-0.05, 0) is 48.5 Å². The Morgan fingerprint density at radius 1 is 1.11 bits per heavy atom. The molecule has 2 aromatic carbocycles. The minimum Gasteiger partial charge on any atom is -0.431 e. The van der Waals surface area contributed by atoms with Crippen LogP contribution in [-0.4, -0.2) is 29.6 Å². The average Bonchev–Trinajstić information content (AvgIpc) is 3.16. The molecule has 0 fully saturated rings. The standard InChI is InChI=1S/C19H16FN3O3S/c1-21-18(25)13-4-8-15(9-5-13)23-17(24)11-27-19-22-10-16(26-19)12-2-6-14(20)7-3-12/h2-10H,11H2,1H3,(H,21,25)(H,23,24). The maximum absolute atomic E-state index is 13.0. The number of hydrogen-bond donors (Lipinski definition) is 2. The van der Waals surface area contributed by atoms with Crippen LogP contribution in [0.15, 0.2) is 64.4 Å². The van der Waals surface area contributed by atoms with Crippen molar-refractivity contribution in [2.24, 2.45) is 0 Å². The molecule has 138 valence electrons. The normalized spacial score (nSPS) is 10.4. The Morgan fingerprint density at radius 2 is 1.81 bits per heavy atom. The van der Waals surface area contributed by atoms with Crippen molar-refractivity contribution >= 4 is 29.3 Å². The van der Waals surface area contributed by atoms with E-state index in [0.29, 0.717) is 27.8 Å². The van der Waals surface area contributed by atoms with Crippen LogP contribution in [0.25, 0.3) is 11.3 Å². The molecule has 3 aromatic rings. The van der Waals surface area contributed by atoms with E-state index >= 15 is 0 Å². The highest BCUT2D eigenvalue weighted by molar-refractivity contribution is 7.99. The molecular weight excluding hydrogens is 369 g/mol. The maximum atomic E-state index is 13.0. The molecule has 2 amide bonds. The van der Waals surface area contributed by atoms with Gasteiger partial charge in [0.15, 0.2) is 5.76 Å². The van der Waals surface area contributed by atoms with Crippen molar-refractivity contribution in [3.63, 3.8) is 0 Å². The first-order valence-electron chi connectivity index (χ1n) is 8.02. The van der Waals surface area contributed by atoms with E-state index in [1.54, 1.807) is 43.4 Å². The number of aromatic nitrogens is 1. The van der Waals surface area contributed by atoms with Crippen molar-refractivity contribution in [2.75, 3.05) is 18.1 Å². The SMILES string of the molecule is CNC(=O)c1ccc(NC(=O)CSc2ncc(-c3ccc(F)cc3)o2)cc1. The second-order valence-corrected chi connectivity index (χ2v) is 6.42. The largest absolute Gasteiger partial charge is 0.431 e. The number of benzene rings is 2. The molecule has 0 bridgehead atoms. The quantitative estimate of drug-likeness (QED) is 0.634. The highest BCUT2D eigenvalue weighted by atomic mass is 32.2. The first-order chi connectivity index (χ1) is 13.0. The zero-order valence-corrected chi connectivity index (χ0v) is 15.2. The van der Waals surface area contributed by atoms with E-state index in [9.17, 15) is 14.0 Å². The maximum Gasteiger partial charge on any atom is 0.256 e. The summed E-state index contributed by atoms with van der Waals surface area (Å²) in [5.74, 6) is -0.130. The van der Waals surface area contributed by atoms with Gasteiger partial charge in [0.05, 0.1) is 11.9 Å². The molecule has 1 heterocycles. The second-order valence-electron chi connectivity index (χ2n) is 5.49. The Labute approximate surface area is 159 Å². The predicted molar refractivity (Wildman–Crippen MR) is 101 cm³/mol. The Bertz CT molecular complexity index is 940. The van der Waals surface area contributed by atoms with E-state index in [2.05, 4.69) is 15.6 Å². The first-order valence-corrected chi connectivity index (χ1v) is 9.00. The van der Waals surface area contributed by atoms with Gasteiger partial charge >= 0.3 is 0 Å². The molecule has 0 radical (unpaired) electrons. The molecule has 1 aromatic heterocycles. The van der Waals surface area contributed by atoms with Gasteiger partial charge in [-0.1, -0.05) is 11.8 Å². The molecule has 0 unspecified atom stereocenters. The molecular formula is C19H16FN3O3S. The van der Waals surface area contributed by atoms with Crippen LogP contribution < -0.4 is 10.6 Å². The molecule has 0 saturated carbocycles.